The first-order chi connectivity index (χ1) is 9.01. The van der Waals surface area contributed by atoms with Crippen molar-refractivity contribution in [3.8, 4) is 5.75 Å². The van der Waals surface area contributed by atoms with Gasteiger partial charge < -0.3 is 10.5 Å². The first-order valence-corrected chi connectivity index (χ1v) is 6.31. The highest BCUT2D eigenvalue weighted by Crippen LogP contribution is 2.31. The minimum atomic E-state index is -0.340. The summed E-state index contributed by atoms with van der Waals surface area (Å²) in [7, 11) is 1.61. The molecule has 1 aromatic carbocycles. The summed E-state index contributed by atoms with van der Waals surface area (Å²) in [4.78, 5) is 15.4. The summed E-state index contributed by atoms with van der Waals surface area (Å²) >= 11 is 6.11. The maximum Gasteiger partial charge on any atom is 0.217 e. The molecule has 4 nitrogen and oxygen atoms in total. The Kier molecular flexibility index (Phi) is 3.90. The molecule has 0 aliphatic rings. The van der Waals surface area contributed by atoms with E-state index in [9.17, 15) is 4.79 Å². The molecule has 100 valence electrons. The Morgan fingerprint density at radius 3 is 2.79 bits per heavy atom. The number of hydrogen-bond acceptors (Lipinski definition) is 3. The molecule has 1 aromatic heterocycles. The summed E-state index contributed by atoms with van der Waals surface area (Å²) in [6.07, 6.45) is 0.791. The lowest BCUT2D eigenvalue weighted by Crippen LogP contribution is -2.11. The SMILES string of the molecule is COc1cc(C)nc2c(CCC(N)=O)cc(Cl)cc12. The van der Waals surface area contributed by atoms with Crippen LogP contribution in [0.5, 0.6) is 5.75 Å². The van der Waals surface area contributed by atoms with Gasteiger partial charge in [-0.1, -0.05) is 11.6 Å². The van der Waals surface area contributed by atoms with Crippen molar-refractivity contribution in [1.82, 2.24) is 4.98 Å². The zero-order chi connectivity index (χ0) is 14.0. The molecule has 0 spiro atoms. The van der Waals surface area contributed by atoms with Crippen molar-refractivity contribution >= 4 is 28.4 Å². The minimum absolute atomic E-state index is 0.271. The zero-order valence-corrected chi connectivity index (χ0v) is 11.6. The van der Waals surface area contributed by atoms with Gasteiger partial charge in [0, 0.05) is 28.6 Å². The van der Waals surface area contributed by atoms with Crippen molar-refractivity contribution in [3.05, 3.63) is 34.5 Å². The monoisotopic (exact) mass is 278 g/mol. The van der Waals surface area contributed by atoms with Crippen LogP contribution in [0.25, 0.3) is 10.9 Å². The second-order valence-electron chi connectivity index (χ2n) is 4.39. The molecular formula is C14H15ClN2O2. The molecule has 0 aliphatic carbocycles. The molecule has 2 rings (SSSR count). The number of pyridine rings is 1. The van der Waals surface area contributed by atoms with E-state index in [1.54, 1.807) is 7.11 Å². The quantitative estimate of drug-likeness (QED) is 0.935. The van der Waals surface area contributed by atoms with Crippen LogP contribution < -0.4 is 10.5 Å². The van der Waals surface area contributed by atoms with Crippen LogP contribution in [0.4, 0.5) is 0 Å². The average Bonchev–Trinajstić information content (AvgIpc) is 2.35. The number of fused-ring (bicyclic) bond motifs is 1. The van der Waals surface area contributed by atoms with Crippen molar-refractivity contribution in [1.29, 1.82) is 0 Å². The Balaban J connectivity index is 2.62. The Morgan fingerprint density at radius 1 is 1.42 bits per heavy atom. The maximum atomic E-state index is 10.9. The molecule has 19 heavy (non-hydrogen) atoms. The van der Waals surface area contributed by atoms with Gasteiger partial charge in [0.2, 0.25) is 5.91 Å². The topological polar surface area (TPSA) is 65.2 Å². The summed E-state index contributed by atoms with van der Waals surface area (Å²) < 4.78 is 5.35. The number of nitrogens with two attached hydrogens (primary N) is 1. The van der Waals surface area contributed by atoms with E-state index in [-0.39, 0.29) is 12.3 Å². The number of aromatic nitrogens is 1. The number of rotatable bonds is 4. The van der Waals surface area contributed by atoms with Gasteiger partial charge in [-0.15, -0.1) is 0 Å². The first kappa shape index (κ1) is 13.6. The molecule has 5 heteroatoms. The molecule has 0 unspecified atom stereocenters. The molecule has 0 saturated heterocycles. The minimum Gasteiger partial charge on any atom is -0.496 e. The van der Waals surface area contributed by atoms with Gasteiger partial charge in [0.25, 0.3) is 0 Å². The normalized spacial score (nSPS) is 10.7. The largest absolute Gasteiger partial charge is 0.496 e. The fourth-order valence-electron chi connectivity index (χ4n) is 2.07. The zero-order valence-electron chi connectivity index (χ0n) is 10.9. The van der Waals surface area contributed by atoms with E-state index in [0.717, 1.165) is 27.9 Å². The van der Waals surface area contributed by atoms with E-state index in [0.29, 0.717) is 11.4 Å². The van der Waals surface area contributed by atoms with Crippen LogP contribution in [0.3, 0.4) is 0 Å². The molecule has 2 aromatic rings. The average molecular weight is 279 g/mol. The van der Waals surface area contributed by atoms with Crippen molar-refractivity contribution in [2.45, 2.75) is 19.8 Å². The van der Waals surface area contributed by atoms with Crippen molar-refractivity contribution < 1.29 is 9.53 Å². The van der Waals surface area contributed by atoms with E-state index in [1.807, 2.05) is 25.1 Å². The predicted molar refractivity (Wildman–Crippen MR) is 75.6 cm³/mol. The van der Waals surface area contributed by atoms with Crippen molar-refractivity contribution in [2.24, 2.45) is 5.73 Å². The fourth-order valence-corrected chi connectivity index (χ4v) is 2.31. The van der Waals surface area contributed by atoms with Crippen LogP contribution >= 0.6 is 11.6 Å². The maximum absolute atomic E-state index is 10.9. The van der Waals surface area contributed by atoms with Crippen LogP contribution in [0.1, 0.15) is 17.7 Å². The number of hydrogen-bond donors (Lipinski definition) is 1. The van der Waals surface area contributed by atoms with E-state index in [4.69, 9.17) is 22.1 Å². The predicted octanol–water partition coefficient (Wildman–Crippen LogP) is 2.62. The first-order valence-electron chi connectivity index (χ1n) is 5.93. The summed E-state index contributed by atoms with van der Waals surface area (Å²) in [6.45, 7) is 1.90. The smallest absolute Gasteiger partial charge is 0.217 e. The summed E-state index contributed by atoms with van der Waals surface area (Å²) in [5.74, 6) is 0.387. The molecular weight excluding hydrogens is 264 g/mol. The third-order valence-corrected chi connectivity index (χ3v) is 3.13. The third kappa shape index (κ3) is 2.96. The van der Waals surface area contributed by atoms with Gasteiger partial charge in [-0.25, -0.2) is 0 Å². The Morgan fingerprint density at radius 2 is 2.16 bits per heavy atom. The second-order valence-corrected chi connectivity index (χ2v) is 4.83. The number of nitrogens with zero attached hydrogens (tertiary/aromatic N) is 1. The number of carbonyl (C=O) groups excluding carboxylic acids is 1. The number of methoxy groups -OCH3 is 1. The highest BCUT2D eigenvalue weighted by Gasteiger charge is 2.11. The molecule has 2 N–H and O–H groups in total. The second kappa shape index (κ2) is 5.45. The molecule has 0 saturated carbocycles. The number of primary amides is 1. The molecule has 0 bridgehead atoms. The van der Waals surface area contributed by atoms with Crippen LogP contribution in [0.2, 0.25) is 5.02 Å². The molecule has 0 fully saturated rings. The fraction of sp³-hybridized carbons (Fsp3) is 0.286. The Labute approximate surface area is 116 Å². The highest BCUT2D eigenvalue weighted by molar-refractivity contribution is 6.31. The van der Waals surface area contributed by atoms with Gasteiger partial charge in [-0.2, -0.15) is 0 Å². The number of aryl methyl sites for hydroxylation is 2. The van der Waals surface area contributed by atoms with Gasteiger partial charge in [-0.3, -0.25) is 9.78 Å². The summed E-state index contributed by atoms with van der Waals surface area (Å²) in [5.41, 5.74) is 7.76. The lowest BCUT2D eigenvalue weighted by Gasteiger charge is -2.11. The summed E-state index contributed by atoms with van der Waals surface area (Å²) in [5, 5.41) is 1.44. The van der Waals surface area contributed by atoms with Crippen LogP contribution in [0, 0.1) is 6.92 Å². The number of amides is 1. The van der Waals surface area contributed by atoms with Gasteiger partial charge in [0.1, 0.15) is 5.75 Å². The van der Waals surface area contributed by atoms with Gasteiger partial charge in [0.05, 0.1) is 12.6 Å². The number of ether oxygens (including phenoxy) is 1. The van der Waals surface area contributed by atoms with Crippen LogP contribution in [-0.4, -0.2) is 18.0 Å². The van der Waals surface area contributed by atoms with Gasteiger partial charge >= 0.3 is 0 Å². The van der Waals surface area contributed by atoms with Crippen LogP contribution in [-0.2, 0) is 11.2 Å². The number of carbonyl (C=O) groups is 1. The lowest BCUT2D eigenvalue weighted by molar-refractivity contribution is -0.117. The lowest BCUT2D eigenvalue weighted by atomic mass is 10.0. The number of halogens is 1. The summed E-state index contributed by atoms with van der Waals surface area (Å²) in [6, 6.07) is 5.49. The van der Waals surface area contributed by atoms with Crippen molar-refractivity contribution in [3.63, 3.8) is 0 Å². The van der Waals surface area contributed by atoms with Crippen molar-refractivity contribution in [2.75, 3.05) is 7.11 Å². The Bertz CT molecular complexity index is 641. The molecule has 1 amide bonds. The standard InChI is InChI=1S/C14H15ClN2O2/c1-8-5-12(19-2)11-7-10(15)6-9(14(11)17-8)3-4-13(16)18/h5-7H,3-4H2,1-2H3,(H2,16,18). The molecule has 0 aliphatic heterocycles. The van der Waals surface area contributed by atoms with E-state index in [2.05, 4.69) is 4.98 Å². The highest BCUT2D eigenvalue weighted by atomic mass is 35.5. The number of benzene rings is 1. The van der Waals surface area contributed by atoms with E-state index < -0.39 is 0 Å². The molecule has 0 radical (unpaired) electrons. The van der Waals surface area contributed by atoms with Gasteiger partial charge in [-0.05, 0) is 31.0 Å². The molecule has 0 atom stereocenters. The van der Waals surface area contributed by atoms with Crippen LogP contribution in [0.15, 0.2) is 18.2 Å². The molecule has 1 heterocycles. The van der Waals surface area contributed by atoms with E-state index in [1.165, 1.54) is 0 Å². The Hall–Kier alpha value is -1.81. The third-order valence-electron chi connectivity index (χ3n) is 2.91. The van der Waals surface area contributed by atoms with Gasteiger partial charge in [0.15, 0.2) is 0 Å². The van der Waals surface area contributed by atoms with E-state index >= 15 is 0 Å².